The van der Waals surface area contributed by atoms with E-state index >= 15 is 0 Å². The third-order valence-electron chi connectivity index (χ3n) is 4.51. The van der Waals surface area contributed by atoms with Crippen molar-refractivity contribution in [2.45, 2.75) is 32.1 Å². The molecule has 21 heavy (non-hydrogen) atoms. The van der Waals surface area contributed by atoms with E-state index < -0.39 is 0 Å². The summed E-state index contributed by atoms with van der Waals surface area (Å²) in [4.78, 5) is 12.5. The van der Waals surface area contributed by atoms with Crippen LogP contribution in [0.25, 0.3) is 10.8 Å². The number of methoxy groups -OCH3 is 2. The molecule has 0 aliphatic heterocycles. The summed E-state index contributed by atoms with van der Waals surface area (Å²) in [5, 5.41) is 1.89. The first-order valence-corrected chi connectivity index (χ1v) is 7.20. The second-order valence-electron chi connectivity index (χ2n) is 6.22. The Morgan fingerprint density at radius 2 is 1.81 bits per heavy atom. The molecule has 0 saturated heterocycles. The molecular weight excluding hydrogens is 264 g/mol. The number of Topliss-reactive ketones (excluding diaryl/α,β-unsaturated/α-hetero) is 1. The van der Waals surface area contributed by atoms with Crippen LogP contribution in [0.15, 0.2) is 24.3 Å². The fraction of sp³-hybridized carbons (Fsp3) is 0.389. The van der Waals surface area contributed by atoms with Gasteiger partial charge in [-0.25, -0.2) is 0 Å². The number of hydrogen-bond acceptors (Lipinski definition) is 3. The maximum Gasteiger partial charge on any atom is 0.163 e. The molecule has 3 rings (SSSR count). The molecule has 3 heteroatoms. The number of fused-ring (bicyclic) bond motifs is 3. The minimum Gasteiger partial charge on any atom is -0.497 e. The highest BCUT2D eigenvalue weighted by Crippen LogP contribution is 2.44. The van der Waals surface area contributed by atoms with Gasteiger partial charge in [0.05, 0.1) is 14.2 Å². The van der Waals surface area contributed by atoms with Crippen molar-refractivity contribution in [2.24, 2.45) is 0 Å². The Kier molecular flexibility index (Phi) is 3.16. The first-order valence-electron chi connectivity index (χ1n) is 7.20. The van der Waals surface area contributed by atoms with E-state index in [0.29, 0.717) is 6.42 Å². The van der Waals surface area contributed by atoms with E-state index in [4.69, 9.17) is 9.47 Å². The quantitative estimate of drug-likeness (QED) is 0.832. The van der Waals surface area contributed by atoms with E-state index in [-0.39, 0.29) is 11.2 Å². The monoisotopic (exact) mass is 284 g/mol. The average molecular weight is 284 g/mol. The van der Waals surface area contributed by atoms with E-state index in [1.165, 1.54) is 0 Å². The van der Waals surface area contributed by atoms with Crippen molar-refractivity contribution in [3.63, 3.8) is 0 Å². The fourth-order valence-corrected chi connectivity index (χ4v) is 3.19. The Morgan fingerprint density at radius 3 is 2.48 bits per heavy atom. The van der Waals surface area contributed by atoms with Gasteiger partial charge in [-0.3, -0.25) is 4.79 Å². The minimum absolute atomic E-state index is 0.0200. The molecule has 110 valence electrons. The van der Waals surface area contributed by atoms with Crippen LogP contribution >= 0.6 is 0 Å². The highest BCUT2D eigenvalue weighted by atomic mass is 16.5. The summed E-state index contributed by atoms with van der Waals surface area (Å²) in [7, 11) is 3.31. The second kappa shape index (κ2) is 4.76. The van der Waals surface area contributed by atoms with Gasteiger partial charge >= 0.3 is 0 Å². The van der Waals surface area contributed by atoms with Gasteiger partial charge in [0, 0.05) is 22.8 Å². The summed E-state index contributed by atoms with van der Waals surface area (Å²) < 4.78 is 10.9. The molecule has 2 aromatic rings. The predicted octanol–water partition coefficient (Wildman–Crippen LogP) is 4.11. The SMILES string of the molecule is COc1ccc2c(OC)cc3c(c2c1)C(=O)CCC3(C)C. The van der Waals surface area contributed by atoms with Crippen LogP contribution in [0.4, 0.5) is 0 Å². The molecule has 0 bridgehead atoms. The Morgan fingerprint density at radius 1 is 1.05 bits per heavy atom. The van der Waals surface area contributed by atoms with Crippen LogP contribution in [-0.2, 0) is 5.41 Å². The summed E-state index contributed by atoms with van der Waals surface area (Å²) in [5.74, 6) is 1.79. The summed E-state index contributed by atoms with van der Waals surface area (Å²) in [6.07, 6.45) is 1.47. The van der Waals surface area contributed by atoms with Gasteiger partial charge in [0.15, 0.2) is 5.78 Å². The molecule has 2 aromatic carbocycles. The van der Waals surface area contributed by atoms with Crippen molar-refractivity contribution in [2.75, 3.05) is 14.2 Å². The predicted molar refractivity (Wildman–Crippen MR) is 83.6 cm³/mol. The molecule has 1 aliphatic rings. The molecule has 0 N–H and O–H groups in total. The third-order valence-corrected chi connectivity index (χ3v) is 4.51. The molecule has 0 amide bonds. The maximum absolute atomic E-state index is 12.5. The number of ether oxygens (including phenoxy) is 2. The first kappa shape index (κ1) is 13.9. The molecule has 0 unspecified atom stereocenters. The van der Waals surface area contributed by atoms with Gasteiger partial charge in [-0.05, 0) is 41.7 Å². The molecule has 0 spiro atoms. The summed E-state index contributed by atoms with van der Waals surface area (Å²) >= 11 is 0. The zero-order chi connectivity index (χ0) is 15.2. The smallest absolute Gasteiger partial charge is 0.163 e. The lowest BCUT2D eigenvalue weighted by Crippen LogP contribution is -2.27. The van der Waals surface area contributed by atoms with Crippen LogP contribution < -0.4 is 9.47 Å². The van der Waals surface area contributed by atoms with Crippen LogP contribution in [0.3, 0.4) is 0 Å². The van der Waals surface area contributed by atoms with Crippen molar-refractivity contribution in [3.05, 3.63) is 35.4 Å². The molecule has 1 aliphatic carbocycles. The van der Waals surface area contributed by atoms with E-state index in [9.17, 15) is 4.79 Å². The normalized spacial score (nSPS) is 16.7. The van der Waals surface area contributed by atoms with Gasteiger partial charge in [0.1, 0.15) is 11.5 Å². The molecular formula is C18H20O3. The largest absolute Gasteiger partial charge is 0.497 e. The fourth-order valence-electron chi connectivity index (χ4n) is 3.19. The Bertz CT molecular complexity index is 729. The van der Waals surface area contributed by atoms with Gasteiger partial charge in [-0.2, -0.15) is 0 Å². The van der Waals surface area contributed by atoms with Crippen molar-refractivity contribution in [1.82, 2.24) is 0 Å². The molecule has 0 aromatic heterocycles. The topological polar surface area (TPSA) is 35.5 Å². The summed E-state index contributed by atoms with van der Waals surface area (Å²) in [6.45, 7) is 4.37. The van der Waals surface area contributed by atoms with Gasteiger partial charge in [0.2, 0.25) is 0 Å². The van der Waals surface area contributed by atoms with Crippen LogP contribution in [-0.4, -0.2) is 20.0 Å². The van der Waals surface area contributed by atoms with Crippen LogP contribution in [0.5, 0.6) is 11.5 Å². The lowest BCUT2D eigenvalue weighted by atomic mass is 9.71. The molecule has 0 heterocycles. The first-order chi connectivity index (χ1) is 9.97. The highest BCUT2D eigenvalue weighted by molar-refractivity contribution is 6.12. The third kappa shape index (κ3) is 2.08. The number of carbonyl (C=O) groups excluding carboxylic acids is 1. The Hall–Kier alpha value is -2.03. The zero-order valence-electron chi connectivity index (χ0n) is 12.9. The molecule has 0 radical (unpaired) electrons. The number of hydrogen-bond donors (Lipinski definition) is 0. The highest BCUT2D eigenvalue weighted by Gasteiger charge is 2.34. The number of ketones is 1. The van der Waals surface area contributed by atoms with Crippen LogP contribution in [0.1, 0.15) is 42.6 Å². The van der Waals surface area contributed by atoms with Gasteiger partial charge < -0.3 is 9.47 Å². The maximum atomic E-state index is 12.5. The Balaban J connectivity index is 2.44. The van der Waals surface area contributed by atoms with E-state index in [2.05, 4.69) is 13.8 Å². The lowest BCUT2D eigenvalue weighted by molar-refractivity contribution is 0.0958. The van der Waals surface area contributed by atoms with Crippen molar-refractivity contribution < 1.29 is 14.3 Å². The Labute approximate surface area is 124 Å². The lowest BCUT2D eigenvalue weighted by Gasteiger charge is -2.33. The number of benzene rings is 2. The van der Waals surface area contributed by atoms with E-state index in [1.807, 2.05) is 24.3 Å². The summed E-state index contributed by atoms with van der Waals surface area (Å²) in [6, 6.07) is 7.83. The van der Waals surface area contributed by atoms with Crippen LogP contribution in [0, 0.1) is 0 Å². The van der Waals surface area contributed by atoms with Crippen molar-refractivity contribution >= 4 is 16.6 Å². The molecule has 0 atom stereocenters. The standard InChI is InChI=1S/C18H20O3/c1-18(2)8-7-15(19)17-13-9-11(20-3)5-6-12(13)16(21-4)10-14(17)18/h5-6,9-10H,7-8H2,1-4H3. The number of rotatable bonds is 2. The molecule has 3 nitrogen and oxygen atoms in total. The van der Waals surface area contributed by atoms with Gasteiger partial charge in [-0.15, -0.1) is 0 Å². The number of carbonyl (C=O) groups is 1. The van der Waals surface area contributed by atoms with Crippen LogP contribution in [0.2, 0.25) is 0 Å². The zero-order valence-corrected chi connectivity index (χ0v) is 12.9. The van der Waals surface area contributed by atoms with Crippen molar-refractivity contribution in [1.29, 1.82) is 0 Å². The van der Waals surface area contributed by atoms with E-state index in [0.717, 1.165) is 39.8 Å². The summed E-state index contributed by atoms with van der Waals surface area (Å²) in [5.41, 5.74) is 1.89. The average Bonchev–Trinajstić information content (AvgIpc) is 2.49. The molecule has 0 fully saturated rings. The minimum atomic E-state index is -0.0200. The van der Waals surface area contributed by atoms with E-state index in [1.54, 1.807) is 14.2 Å². The second-order valence-corrected chi connectivity index (χ2v) is 6.22. The van der Waals surface area contributed by atoms with Crippen molar-refractivity contribution in [3.8, 4) is 11.5 Å². The van der Waals surface area contributed by atoms with Gasteiger partial charge in [0.25, 0.3) is 0 Å². The molecule has 0 saturated carbocycles. The van der Waals surface area contributed by atoms with Gasteiger partial charge in [-0.1, -0.05) is 13.8 Å².